The highest BCUT2D eigenvalue weighted by molar-refractivity contribution is 6.16. The van der Waals surface area contributed by atoms with Gasteiger partial charge in [0.2, 0.25) is 0 Å². The first-order valence-electron chi connectivity index (χ1n) is 9.52. The van der Waals surface area contributed by atoms with E-state index in [9.17, 15) is 0 Å². The van der Waals surface area contributed by atoms with Crippen molar-refractivity contribution in [3.63, 3.8) is 0 Å². The number of rotatable bonds is 2. The summed E-state index contributed by atoms with van der Waals surface area (Å²) in [7, 11) is 0. The summed E-state index contributed by atoms with van der Waals surface area (Å²) in [5.74, 6) is -0.179. The molecule has 0 radical (unpaired) electrons. The molecule has 4 heteroatoms. The number of hydrogen-bond acceptors (Lipinski definition) is 4. The zero-order valence-corrected chi connectivity index (χ0v) is 15.9. The second-order valence-corrected chi connectivity index (χ2v) is 6.91. The van der Waals surface area contributed by atoms with Gasteiger partial charge in [-0.25, -0.2) is 0 Å². The number of phenolic OH excluding ortho intramolecular Hbond substituents is 2. The van der Waals surface area contributed by atoms with Gasteiger partial charge in [-0.3, -0.25) is 4.98 Å². The molecule has 4 N–H and O–H groups in total. The minimum atomic E-state index is -0.0919. The highest BCUT2D eigenvalue weighted by atomic mass is 16.3. The quantitative estimate of drug-likeness (QED) is 0.292. The Morgan fingerprint density at radius 2 is 1.41 bits per heavy atom. The lowest BCUT2D eigenvalue weighted by Crippen LogP contribution is -2.02. The molecule has 4 aromatic carbocycles. The lowest BCUT2D eigenvalue weighted by atomic mass is 9.98. The fourth-order valence-corrected chi connectivity index (χ4v) is 3.55. The summed E-state index contributed by atoms with van der Waals surface area (Å²) in [6, 6.07) is 24.0. The van der Waals surface area contributed by atoms with Crippen LogP contribution in [0.25, 0.3) is 32.3 Å². The predicted molar refractivity (Wildman–Crippen MR) is 119 cm³/mol. The van der Waals surface area contributed by atoms with Gasteiger partial charge in [-0.2, -0.15) is 0 Å². The number of hydrogen-bond donors (Lipinski definition) is 3. The summed E-state index contributed by atoms with van der Waals surface area (Å²) in [6.45, 7) is 0.546. The van der Waals surface area contributed by atoms with Crippen LogP contribution in [0.1, 0.15) is 5.56 Å². The summed E-state index contributed by atoms with van der Waals surface area (Å²) in [4.78, 5) is 4.24. The standard InChI is InChI=1S/C17H11N.C8H11NO2/c1-2-4-14-12(3-1)5-8-16-15(14)7-6-13-9-10-18-11-17(13)16;9-4-3-6-1-2-7(10)8(11)5-6/h1-11H;1-2,5,10-11H,3-4,9H2. The van der Waals surface area contributed by atoms with E-state index < -0.39 is 0 Å². The Hall–Kier alpha value is -3.63. The van der Waals surface area contributed by atoms with Gasteiger partial charge in [0.25, 0.3) is 0 Å². The van der Waals surface area contributed by atoms with Gasteiger partial charge in [-0.1, -0.05) is 54.6 Å². The van der Waals surface area contributed by atoms with Crippen LogP contribution in [-0.2, 0) is 6.42 Å². The van der Waals surface area contributed by atoms with E-state index in [-0.39, 0.29) is 11.5 Å². The van der Waals surface area contributed by atoms with E-state index in [0.29, 0.717) is 13.0 Å². The molecule has 0 saturated carbocycles. The van der Waals surface area contributed by atoms with Gasteiger partial charge < -0.3 is 15.9 Å². The second kappa shape index (κ2) is 8.17. The average molecular weight is 382 g/mol. The number of pyridine rings is 1. The fourth-order valence-electron chi connectivity index (χ4n) is 3.55. The molecular weight excluding hydrogens is 360 g/mol. The molecule has 0 fully saturated rings. The van der Waals surface area contributed by atoms with Gasteiger partial charge in [-0.05, 0) is 63.7 Å². The third kappa shape index (κ3) is 3.84. The highest BCUT2D eigenvalue weighted by Gasteiger charge is 2.03. The molecule has 5 aromatic rings. The van der Waals surface area contributed by atoms with Gasteiger partial charge >= 0.3 is 0 Å². The number of aromatic nitrogens is 1. The Labute approximate surface area is 168 Å². The van der Waals surface area contributed by atoms with Crippen LogP contribution < -0.4 is 5.73 Å². The van der Waals surface area contributed by atoms with E-state index in [0.717, 1.165) is 5.56 Å². The average Bonchev–Trinajstić information content (AvgIpc) is 2.76. The van der Waals surface area contributed by atoms with Crippen LogP contribution in [0.15, 0.2) is 85.2 Å². The first-order chi connectivity index (χ1) is 14.2. The maximum atomic E-state index is 9.04. The SMILES string of the molecule is NCCc1ccc(O)c(O)c1.c1ccc2c(c1)ccc1c3cnccc3ccc21. The Kier molecular flexibility index (Phi) is 5.27. The van der Waals surface area contributed by atoms with Crippen LogP contribution in [-0.4, -0.2) is 21.7 Å². The van der Waals surface area contributed by atoms with Crippen molar-refractivity contribution < 1.29 is 10.2 Å². The normalized spacial score (nSPS) is 10.8. The van der Waals surface area contributed by atoms with Gasteiger partial charge in [0.05, 0.1) is 0 Å². The molecule has 0 aliphatic heterocycles. The van der Waals surface area contributed by atoms with Crippen LogP contribution in [0, 0.1) is 0 Å². The second-order valence-electron chi connectivity index (χ2n) is 6.91. The maximum Gasteiger partial charge on any atom is 0.157 e. The molecule has 1 aromatic heterocycles. The number of nitrogens with two attached hydrogens (primary N) is 1. The summed E-state index contributed by atoms with van der Waals surface area (Å²) in [5, 5.41) is 25.6. The molecule has 0 saturated heterocycles. The third-order valence-corrected chi connectivity index (χ3v) is 5.02. The van der Waals surface area contributed by atoms with E-state index in [2.05, 4.69) is 59.6 Å². The molecule has 0 spiro atoms. The fraction of sp³-hybridized carbons (Fsp3) is 0.0800. The first kappa shape index (κ1) is 18.7. The maximum absolute atomic E-state index is 9.04. The Bertz CT molecular complexity index is 1220. The first-order valence-corrected chi connectivity index (χ1v) is 9.52. The Balaban J connectivity index is 0.000000161. The number of aromatic hydroxyl groups is 2. The van der Waals surface area contributed by atoms with Crippen molar-refractivity contribution in [3.05, 3.63) is 90.8 Å². The van der Waals surface area contributed by atoms with Crippen molar-refractivity contribution in [1.29, 1.82) is 0 Å². The van der Waals surface area contributed by atoms with Gasteiger partial charge in [0, 0.05) is 17.8 Å². The van der Waals surface area contributed by atoms with Crippen molar-refractivity contribution in [2.24, 2.45) is 5.73 Å². The lowest BCUT2D eigenvalue weighted by molar-refractivity contribution is 0.403. The van der Waals surface area contributed by atoms with Gasteiger partial charge in [0.1, 0.15) is 0 Å². The molecule has 1 heterocycles. The molecule has 0 aliphatic rings. The zero-order chi connectivity index (χ0) is 20.2. The Morgan fingerprint density at radius 1 is 0.690 bits per heavy atom. The molecule has 0 amide bonds. The highest BCUT2D eigenvalue weighted by Crippen LogP contribution is 2.30. The molecule has 0 bridgehead atoms. The predicted octanol–water partition coefficient (Wildman–Crippen LogP) is 5.14. The zero-order valence-electron chi connectivity index (χ0n) is 15.9. The molecule has 5 rings (SSSR count). The summed E-state index contributed by atoms with van der Waals surface area (Å²) >= 11 is 0. The van der Waals surface area contributed by atoms with E-state index in [1.54, 1.807) is 6.07 Å². The number of phenols is 2. The molecule has 29 heavy (non-hydrogen) atoms. The molecule has 0 aliphatic carbocycles. The van der Waals surface area contributed by atoms with Crippen molar-refractivity contribution >= 4 is 32.3 Å². The largest absolute Gasteiger partial charge is 0.504 e. The molecular formula is C25H22N2O2. The molecule has 0 unspecified atom stereocenters. The van der Waals surface area contributed by atoms with Crippen molar-refractivity contribution in [2.75, 3.05) is 6.54 Å². The number of nitrogens with zero attached hydrogens (tertiary/aromatic N) is 1. The molecule has 0 atom stereocenters. The minimum absolute atomic E-state index is 0.0871. The number of fused-ring (bicyclic) bond motifs is 5. The van der Waals surface area contributed by atoms with Crippen molar-refractivity contribution in [3.8, 4) is 11.5 Å². The topological polar surface area (TPSA) is 79.4 Å². The van der Waals surface area contributed by atoms with Crippen molar-refractivity contribution in [2.45, 2.75) is 6.42 Å². The van der Waals surface area contributed by atoms with E-state index in [1.807, 2.05) is 12.4 Å². The Morgan fingerprint density at radius 3 is 2.17 bits per heavy atom. The van der Waals surface area contributed by atoms with E-state index in [4.69, 9.17) is 15.9 Å². The number of benzene rings is 4. The van der Waals surface area contributed by atoms with Gasteiger partial charge in [-0.15, -0.1) is 0 Å². The van der Waals surface area contributed by atoms with Crippen LogP contribution >= 0.6 is 0 Å². The summed E-state index contributed by atoms with van der Waals surface area (Å²) in [6.07, 6.45) is 4.51. The van der Waals surface area contributed by atoms with Gasteiger partial charge in [0.15, 0.2) is 11.5 Å². The summed E-state index contributed by atoms with van der Waals surface area (Å²) < 4.78 is 0. The third-order valence-electron chi connectivity index (χ3n) is 5.02. The summed E-state index contributed by atoms with van der Waals surface area (Å²) in [5.41, 5.74) is 6.24. The monoisotopic (exact) mass is 382 g/mol. The van der Waals surface area contributed by atoms with Crippen LogP contribution in [0.2, 0.25) is 0 Å². The lowest BCUT2D eigenvalue weighted by Gasteiger charge is -2.06. The van der Waals surface area contributed by atoms with E-state index in [1.165, 1.54) is 44.5 Å². The minimum Gasteiger partial charge on any atom is -0.504 e. The van der Waals surface area contributed by atoms with Crippen LogP contribution in [0.5, 0.6) is 11.5 Å². The van der Waals surface area contributed by atoms with Crippen LogP contribution in [0.4, 0.5) is 0 Å². The molecule has 4 nitrogen and oxygen atoms in total. The van der Waals surface area contributed by atoms with Crippen molar-refractivity contribution in [1.82, 2.24) is 4.98 Å². The van der Waals surface area contributed by atoms with Crippen LogP contribution in [0.3, 0.4) is 0 Å². The smallest absolute Gasteiger partial charge is 0.157 e. The van der Waals surface area contributed by atoms with E-state index >= 15 is 0 Å². The molecule has 144 valence electrons.